The van der Waals surface area contributed by atoms with Gasteiger partial charge in [0.1, 0.15) is 5.75 Å². The first-order chi connectivity index (χ1) is 11.6. The molecule has 2 amide bonds. The maximum absolute atomic E-state index is 11.6. The van der Waals surface area contributed by atoms with Gasteiger partial charge in [-0.1, -0.05) is 18.2 Å². The van der Waals surface area contributed by atoms with Crippen LogP contribution in [0, 0.1) is 6.92 Å². The van der Waals surface area contributed by atoms with Crippen molar-refractivity contribution < 1.29 is 28.3 Å². The van der Waals surface area contributed by atoms with Gasteiger partial charge < -0.3 is 13.9 Å². The van der Waals surface area contributed by atoms with E-state index in [2.05, 4.69) is 0 Å². The number of esters is 1. The van der Waals surface area contributed by atoms with Crippen molar-refractivity contribution in [2.75, 3.05) is 13.2 Å². The molecule has 0 spiro atoms. The fourth-order valence-corrected chi connectivity index (χ4v) is 1.81. The highest BCUT2D eigenvalue weighted by Crippen LogP contribution is 2.16. The molecule has 2 rings (SSSR count). The molecule has 7 nitrogen and oxygen atoms in total. The number of nitrogens with one attached hydrogen (secondary N) is 1. The lowest BCUT2D eigenvalue weighted by Crippen LogP contribution is -2.34. The molecule has 1 heterocycles. The highest BCUT2D eigenvalue weighted by molar-refractivity contribution is 6.03. The quantitative estimate of drug-likeness (QED) is 0.778. The summed E-state index contributed by atoms with van der Waals surface area (Å²) in [7, 11) is 0. The Bertz CT molecular complexity index is 708. The van der Waals surface area contributed by atoms with Gasteiger partial charge in [0.15, 0.2) is 12.4 Å². The second-order valence-corrected chi connectivity index (χ2v) is 4.88. The minimum absolute atomic E-state index is 0.00121. The number of carbonyl (C=O) groups excluding carboxylic acids is 3. The predicted molar refractivity (Wildman–Crippen MR) is 83.4 cm³/mol. The molecule has 1 aromatic heterocycles. The van der Waals surface area contributed by atoms with Gasteiger partial charge >= 0.3 is 5.97 Å². The number of furan rings is 1. The van der Waals surface area contributed by atoms with Gasteiger partial charge in [-0.25, -0.2) is 0 Å². The van der Waals surface area contributed by atoms with Crippen molar-refractivity contribution in [2.45, 2.75) is 13.3 Å². The number of carbonyl (C=O) groups is 3. The van der Waals surface area contributed by atoms with Crippen LogP contribution in [0.1, 0.15) is 22.5 Å². The Kier molecular flexibility index (Phi) is 6.13. The molecule has 126 valence electrons. The van der Waals surface area contributed by atoms with Gasteiger partial charge in [0.2, 0.25) is 0 Å². The number of rotatable bonds is 7. The molecule has 1 N–H and O–H groups in total. The average Bonchev–Trinajstić information content (AvgIpc) is 3.09. The van der Waals surface area contributed by atoms with Crippen LogP contribution < -0.4 is 10.1 Å². The maximum atomic E-state index is 11.6. The summed E-state index contributed by atoms with van der Waals surface area (Å²) in [5, 5.41) is 2.05. The van der Waals surface area contributed by atoms with Crippen LogP contribution in [0.5, 0.6) is 5.75 Å². The molecule has 0 radical (unpaired) electrons. The van der Waals surface area contributed by atoms with Crippen LogP contribution in [0.15, 0.2) is 47.1 Å². The Balaban J connectivity index is 1.65. The van der Waals surface area contributed by atoms with Crippen LogP contribution >= 0.6 is 0 Å². The van der Waals surface area contributed by atoms with Gasteiger partial charge in [-0.3, -0.25) is 19.7 Å². The van der Waals surface area contributed by atoms with Crippen molar-refractivity contribution in [3.05, 3.63) is 54.0 Å². The maximum Gasteiger partial charge on any atom is 0.309 e. The fourth-order valence-electron chi connectivity index (χ4n) is 1.81. The zero-order valence-corrected chi connectivity index (χ0v) is 13.1. The summed E-state index contributed by atoms with van der Waals surface area (Å²) >= 11 is 0. The summed E-state index contributed by atoms with van der Waals surface area (Å²) in [5.74, 6) is -1.33. The SMILES string of the molecule is Cc1ccccc1OCCC(=O)OCC(=O)NC(=O)c1ccco1. The van der Waals surface area contributed by atoms with Gasteiger partial charge in [-0.2, -0.15) is 0 Å². The largest absolute Gasteiger partial charge is 0.493 e. The molecule has 0 aliphatic rings. The van der Waals surface area contributed by atoms with Crippen LogP contribution in [0.25, 0.3) is 0 Å². The van der Waals surface area contributed by atoms with E-state index in [-0.39, 0.29) is 18.8 Å². The third-order valence-electron chi connectivity index (χ3n) is 3.02. The number of hydrogen-bond acceptors (Lipinski definition) is 6. The van der Waals surface area contributed by atoms with E-state index < -0.39 is 24.4 Å². The Morgan fingerprint density at radius 1 is 1.12 bits per heavy atom. The number of para-hydroxylation sites is 1. The van der Waals surface area contributed by atoms with E-state index in [0.29, 0.717) is 5.75 Å². The normalized spacial score (nSPS) is 10.0. The summed E-state index contributed by atoms with van der Waals surface area (Å²) in [6.07, 6.45) is 1.31. The summed E-state index contributed by atoms with van der Waals surface area (Å²) in [5.41, 5.74) is 0.960. The van der Waals surface area contributed by atoms with Crippen molar-refractivity contribution in [1.82, 2.24) is 5.32 Å². The Hall–Kier alpha value is -3.09. The summed E-state index contributed by atoms with van der Waals surface area (Å²) in [4.78, 5) is 34.6. The van der Waals surface area contributed by atoms with E-state index in [9.17, 15) is 14.4 Å². The average molecular weight is 331 g/mol. The first kappa shape index (κ1) is 17.3. The van der Waals surface area contributed by atoms with Gasteiger partial charge in [-0.15, -0.1) is 0 Å². The van der Waals surface area contributed by atoms with Crippen LogP contribution in [0.3, 0.4) is 0 Å². The van der Waals surface area contributed by atoms with Gasteiger partial charge in [-0.05, 0) is 30.7 Å². The molecule has 7 heteroatoms. The van der Waals surface area contributed by atoms with Crippen molar-refractivity contribution in [2.24, 2.45) is 0 Å². The van der Waals surface area contributed by atoms with E-state index in [0.717, 1.165) is 5.56 Å². The number of ether oxygens (including phenoxy) is 2. The van der Waals surface area contributed by atoms with Crippen LogP contribution in [0.4, 0.5) is 0 Å². The third-order valence-corrected chi connectivity index (χ3v) is 3.02. The lowest BCUT2D eigenvalue weighted by Gasteiger charge is -2.08. The molecule has 24 heavy (non-hydrogen) atoms. The van der Waals surface area contributed by atoms with E-state index in [1.807, 2.05) is 30.4 Å². The molecule has 0 saturated heterocycles. The Morgan fingerprint density at radius 2 is 1.92 bits per heavy atom. The molecule has 1 aromatic carbocycles. The van der Waals surface area contributed by atoms with E-state index in [1.54, 1.807) is 6.07 Å². The minimum Gasteiger partial charge on any atom is -0.493 e. The first-order valence-electron chi connectivity index (χ1n) is 7.28. The lowest BCUT2D eigenvalue weighted by molar-refractivity contribution is -0.148. The molecular formula is C17H17NO6. The zero-order valence-electron chi connectivity index (χ0n) is 13.1. The lowest BCUT2D eigenvalue weighted by atomic mass is 10.2. The second-order valence-electron chi connectivity index (χ2n) is 4.88. The highest BCUT2D eigenvalue weighted by atomic mass is 16.5. The van der Waals surface area contributed by atoms with Gasteiger partial charge in [0, 0.05) is 0 Å². The molecule has 0 atom stereocenters. The number of hydrogen-bond donors (Lipinski definition) is 1. The Morgan fingerprint density at radius 3 is 2.62 bits per heavy atom. The molecule has 0 fully saturated rings. The fraction of sp³-hybridized carbons (Fsp3) is 0.235. The summed E-state index contributed by atoms with van der Waals surface area (Å²) < 4.78 is 15.1. The summed E-state index contributed by atoms with van der Waals surface area (Å²) in [6.45, 7) is 1.49. The molecule has 0 saturated carbocycles. The number of imide groups is 1. The third kappa shape index (κ3) is 5.28. The topological polar surface area (TPSA) is 94.8 Å². The van der Waals surface area contributed by atoms with Crippen LogP contribution in [-0.4, -0.2) is 31.0 Å². The molecule has 0 aliphatic carbocycles. The van der Waals surface area contributed by atoms with Crippen molar-refractivity contribution in [3.8, 4) is 5.75 Å². The number of amides is 2. The standard InChI is InChI=1S/C17H17NO6/c1-12-5-2-3-6-13(12)23-10-8-16(20)24-11-15(19)18-17(21)14-7-4-9-22-14/h2-7,9H,8,10-11H2,1H3,(H,18,19,21). The number of benzene rings is 1. The highest BCUT2D eigenvalue weighted by Gasteiger charge is 2.14. The van der Waals surface area contributed by atoms with Crippen LogP contribution in [0.2, 0.25) is 0 Å². The minimum atomic E-state index is -0.732. The molecular weight excluding hydrogens is 314 g/mol. The van der Waals surface area contributed by atoms with E-state index in [4.69, 9.17) is 13.9 Å². The van der Waals surface area contributed by atoms with Crippen molar-refractivity contribution >= 4 is 17.8 Å². The Labute approximate surface area is 138 Å². The zero-order chi connectivity index (χ0) is 17.4. The van der Waals surface area contributed by atoms with E-state index >= 15 is 0 Å². The number of aryl methyl sites for hydroxylation is 1. The van der Waals surface area contributed by atoms with Gasteiger partial charge in [0.25, 0.3) is 11.8 Å². The van der Waals surface area contributed by atoms with E-state index in [1.165, 1.54) is 18.4 Å². The molecule has 2 aromatic rings. The summed E-state index contributed by atoms with van der Waals surface area (Å²) in [6, 6.07) is 10.4. The van der Waals surface area contributed by atoms with Gasteiger partial charge in [0.05, 0.1) is 19.3 Å². The predicted octanol–water partition coefficient (Wildman–Crippen LogP) is 1.86. The second kappa shape index (κ2) is 8.52. The van der Waals surface area contributed by atoms with Crippen LogP contribution in [-0.2, 0) is 14.3 Å². The van der Waals surface area contributed by atoms with Crippen molar-refractivity contribution in [1.29, 1.82) is 0 Å². The molecule has 0 aliphatic heterocycles. The first-order valence-corrected chi connectivity index (χ1v) is 7.28. The van der Waals surface area contributed by atoms with Crippen molar-refractivity contribution in [3.63, 3.8) is 0 Å². The smallest absolute Gasteiger partial charge is 0.309 e. The molecule has 0 unspecified atom stereocenters. The monoisotopic (exact) mass is 331 g/mol. The molecule has 0 bridgehead atoms.